The first-order valence-electron chi connectivity index (χ1n) is 7.39. The van der Waals surface area contributed by atoms with Crippen molar-refractivity contribution in [3.05, 3.63) is 47.1 Å². The van der Waals surface area contributed by atoms with Gasteiger partial charge >= 0.3 is 0 Å². The summed E-state index contributed by atoms with van der Waals surface area (Å²) in [5.41, 5.74) is 2.79. The van der Waals surface area contributed by atoms with Gasteiger partial charge in [-0.15, -0.1) is 0 Å². The van der Waals surface area contributed by atoms with Crippen LogP contribution in [0.3, 0.4) is 0 Å². The van der Waals surface area contributed by atoms with Gasteiger partial charge in [0.2, 0.25) is 5.89 Å². The summed E-state index contributed by atoms with van der Waals surface area (Å²) < 4.78 is 5.41. The molecule has 1 N–H and O–H groups in total. The minimum Gasteiger partial charge on any atom is -0.392 e. The van der Waals surface area contributed by atoms with E-state index in [1.165, 1.54) is 11.1 Å². The summed E-state index contributed by atoms with van der Waals surface area (Å²) in [6.07, 6.45) is 4.50. The molecular formula is C16H18N2O2. The maximum absolute atomic E-state index is 9.93. The van der Waals surface area contributed by atoms with Gasteiger partial charge in [0.1, 0.15) is 0 Å². The van der Waals surface area contributed by atoms with Crippen LogP contribution in [0.5, 0.6) is 0 Å². The Bertz CT molecular complexity index is 597. The smallest absolute Gasteiger partial charge is 0.232 e. The fraction of sp³-hybridized carbons (Fsp3) is 0.500. The lowest BCUT2D eigenvalue weighted by molar-refractivity contribution is 0.148. The molecular weight excluding hydrogens is 252 g/mol. The Morgan fingerprint density at radius 2 is 1.85 bits per heavy atom. The first-order valence-corrected chi connectivity index (χ1v) is 7.39. The number of fused-ring (bicyclic) bond motifs is 1. The SMILES string of the molecule is OC1CCCC1c1nc(C2Cc3ccccc3C2)no1. The lowest BCUT2D eigenvalue weighted by Crippen LogP contribution is -2.11. The third-order valence-electron chi connectivity index (χ3n) is 4.67. The maximum atomic E-state index is 9.93. The minimum absolute atomic E-state index is 0.0417. The fourth-order valence-electron chi connectivity index (χ4n) is 3.53. The second-order valence-corrected chi connectivity index (χ2v) is 5.97. The molecule has 0 spiro atoms. The standard InChI is InChI=1S/C16H18N2O2/c19-14-7-3-6-13(14)16-17-15(18-20-16)12-8-10-4-1-2-5-11(10)9-12/h1-2,4-5,12-14,19H,3,6-9H2. The molecule has 2 aliphatic rings. The van der Waals surface area contributed by atoms with Crippen molar-refractivity contribution in [2.45, 2.75) is 50.0 Å². The molecule has 1 fully saturated rings. The predicted octanol–water partition coefficient (Wildman–Crippen LogP) is 2.58. The molecule has 4 rings (SSSR count). The summed E-state index contributed by atoms with van der Waals surface area (Å²) in [4.78, 5) is 4.57. The van der Waals surface area contributed by atoms with Crippen molar-refractivity contribution in [3.8, 4) is 0 Å². The van der Waals surface area contributed by atoms with E-state index in [2.05, 4.69) is 34.4 Å². The number of hydrogen-bond acceptors (Lipinski definition) is 4. The number of benzene rings is 1. The molecule has 104 valence electrons. The van der Waals surface area contributed by atoms with E-state index in [9.17, 15) is 5.11 Å². The van der Waals surface area contributed by atoms with E-state index in [-0.39, 0.29) is 12.0 Å². The number of nitrogens with zero attached hydrogens (tertiary/aromatic N) is 2. The summed E-state index contributed by atoms with van der Waals surface area (Å²) in [6.45, 7) is 0. The van der Waals surface area contributed by atoms with Crippen molar-refractivity contribution in [3.63, 3.8) is 0 Å². The molecule has 4 nitrogen and oxygen atoms in total. The molecule has 2 aromatic rings. The Labute approximate surface area is 117 Å². The Balaban J connectivity index is 1.55. The van der Waals surface area contributed by atoms with Crippen LogP contribution in [0.15, 0.2) is 28.8 Å². The maximum Gasteiger partial charge on any atom is 0.232 e. The summed E-state index contributed by atoms with van der Waals surface area (Å²) in [5.74, 6) is 1.79. The highest BCUT2D eigenvalue weighted by molar-refractivity contribution is 5.34. The van der Waals surface area contributed by atoms with E-state index in [1.807, 2.05) is 0 Å². The first-order chi connectivity index (χ1) is 9.81. The lowest BCUT2D eigenvalue weighted by Gasteiger charge is -2.08. The number of aromatic nitrogens is 2. The molecule has 20 heavy (non-hydrogen) atoms. The molecule has 0 amide bonds. The van der Waals surface area contributed by atoms with Crippen LogP contribution in [-0.2, 0) is 12.8 Å². The van der Waals surface area contributed by atoms with E-state index in [0.29, 0.717) is 11.8 Å². The van der Waals surface area contributed by atoms with Crippen molar-refractivity contribution in [1.29, 1.82) is 0 Å². The van der Waals surface area contributed by atoms with Gasteiger partial charge in [-0.2, -0.15) is 4.98 Å². The summed E-state index contributed by atoms with van der Waals surface area (Å²) >= 11 is 0. The van der Waals surface area contributed by atoms with Crippen LogP contribution >= 0.6 is 0 Å². The van der Waals surface area contributed by atoms with Gasteiger partial charge in [-0.3, -0.25) is 0 Å². The van der Waals surface area contributed by atoms with Crippen LogP contribution in [0.25, 0.3) is 0 Å². The molecule has 0 radical (unpaired) electrons. The van der Waals surface area contributed by atoms with Gasteiger partial charge in [-0.1, -0.05) is 29.4 Å². The molecule has 4 heteroatoms. The number of hydrogen-bond donors (Lipinski definition) is 1. The Kier molecular flexibility index (Phi) is 2.84. The third-order valence-corrected chi connectivity index (χ3v) is 4.67. The van der Waals surface area contributed by atoms with E-state index in [1.54, 1.807) is 0 Å². The third kappa shape index (κ3) is 1.95. The van der Waals surface area contributed by atoms with Gasteiger partial charge in [-0.25, -0.2) is 0 Å². The van der Waals surface area contributed by atoms with E-state index in [4.69, 9.17) is 4.52 Å². The van der Waals surface area contributed by atoms with Crippen molar-refractivity contribution in [2.24, 2.45) is 0 Å². The molecule has 1 aromatic carbocycles. The summed E-state index contributed by atoms with van der Waals surface area (Å²) in [7, 11) is 0. The molecule has 1 saturated carbocycles. The number of aliphatic hydroxyl groups is 1. The highest BCUT2D eigenvalue weighted by Gasteiger charge is 2.33. The molecule has 2 aliphatic carbocycles. The average Bonchev–Trinajstić information content (AvgIpc) is 3.15. The predicted molar refractivity (Wildman–Crippen MR) is 73.5 cm³/mol. The van der Waals surface area contributed by atoms with Crippen molar-refractivity contribution < 1.29 is 9.63 Å². The van der Waals surface area contributed by atoms with E-state index >= 15 is 0 Å². The molecule has 1 heterocycles. The molecule has 0 bridgehead atoms. The molecule has 0 saturated heterocycles. The van der Waals surface area contributed by atoms with Gasteiger partial charge < -0.3 is 9.63 Å². The quantitative estimate of drug-likeness (QED) is 0.911. The minimum atomic E-state index is -0.316. The van der Waals surface area contributed by atoms with E-state index < -0.39 is 0 Å². The van der Waals surface area contributed by atoms with Crippen molar-refractivity contribution >= 4 is 0 Å². The van der Waals surface area contributed by atoms with E-state index in [0.717, 1.165) is 37.9 Å². The first kappa shape index (κ1) is 12.1. The molecule has 0 aliphatic heterocycles. The van der Waals surface area contributed by atoms with Crippen molar-refractivity contribution in [1.82, 2.24) is 10.1 Å². The van der Waals surface area contributed by atoms with Crippen LogP contribution in [0.4, 0.5) is 0 Å². The Morgan fingerprint density at radius 1 is 1.10 bits per heavy atom. The lowest BCUT2D eigenvalue weighted by atomic mass is 10.0. The monoisotopic (exact) mass is 270 g/mol. The van der Waals surface area contributed by atoms with Crippen molar-refractivity contribution in [2.75, 3.05) is 0 Å². The van der Waals surface area contributed by atoms with Gasteiger partial charge in [0, 0.05) is 5.92 Å². The van der Waals surface area contributed by atoms with Gasteiger partial charge in [0.25, 0.3) is 0 Å². The topological polar surface area (TPSA) is 59.2 Å². The number of aliphatic hydroxyl groups excluding tert-OH is 1. The number of rotatable bonds is 2. The highest BCUT2D eigenvalue weighted by atomic mass is 16.5. The van der Waals surface area contributed by atoms with Crippen LogP contribution in [0.2, 0.25) is 0 Å². The largest absolute Gasteiger partial charge is 0.392 e. The Hall–Kier alpha value is -1.68. The molecule has 2 atom stereocenters. The van der Waals surface area contributed by atoms with Crippen LogP contribution in [0, 0.1) is 0 Å². The molecule has 1 aromatic heterocycles. The highest BCUT2D eigenvalue weighted by Crippen LogP contribution is 2.36. The fourth-order valence-corrected chi connectivity index (χ4v) is 3.53. The second kappa shape index (κ2) is 4.70. The summed E-state index contributed by atoms with van der Waals surface area (Å²) in [6, 6.07) is 8.52. The van der Waals surface area contributed by atoms with Gasteiger partial charge in [0.15, 0.2) is 5.82 Å². The zero-order valence-electron chi connectivity index (χ0n) is 11.3. The zero-order chi connectivity index (χ0) is 13.5. The Morgan fingerprint density at radius 3 is 2.50 bits per heavy atom. The van der Waals surface area contributed by atoms with Crippen LogP contribution in [0.1, 0.15) is 53.9 Å². The van der Waals surface area contributed by atoms with Crippen LogP contribution < -0.4 is 0 Å². The van der Waals surface area contributed by atoms with Gasteiger partial charge in [-0.05, 0) is 43.2 Å². The molecule has 2 unspecified atom stereocenters. The van der Waals surface area contributed by atoms with Gasteiger partial charge in [0.05, 0.1) is 12.0 Å². The van der Waals surface area contributed by atoms with Crippen LogP contribution in [-0.4, -0.2) is 21.4 Å². The second-order valence-electron chi connectivity index (χ2n) is 5.97. The normalized spacial score (nSPS) is 26.1. The average molecular weight is 270 g/mol. The summed E-state index contributed by atoms with van der Waals surface area (Å²) in [5, 5.41) is 14.1. The zero-order valence-corrected chi connectivity index (χ0v) is 11.3.